The molecule has 0 amide bonds. The molecule has 0 aliphatic heterocycles. The molecule has 3 aromatic carbocycles. The molecule has 3 nitrogen and oxygen atoms in total. The fourth-order valence-corrected chi connectivity index (χ4v) is 3.20. The van der Waals surface area contributed by atoms with Gasteiger partial charge in [-0.05, 0) is 60.5 Å². The normalized spacial score (nSPS) is 11.0. The fraction of sp³-hybridized carbons (Fsp3) is 0.174. The number of rotatable bonds is 6. The van der Waals surface area contributed by atoms with E-state index >= 15 is 0 Å². The summed E-state index contributed by atoms with van der Waals surface area (Å²) < 4.78 is 21.4. The lowest BCUT2D eigenvalue weighted by molar-refractivity contribution is 0.301. The molecule has 0 unspecified atom stereocenters. The van der Waals surface area contributed by atoms with Gasteiger partial charge < -0.3 is 9.30 Å². The van der Waals surface area contributed by atoms with Gasteiger partial charge in [-0.15, -0.1) is 0 Å². The quantitative estimate of drug-likeness (QED) is 0.455. The third-order valence-corrected chi connectivity index (χ3v) is 4.67. The third kappa shape index (κ3) is 3.70. The third-order valence-electron chi connectivity index (χ3n) is 4.67. The lowest BCUT2D eigenvalue weighted by Gasteiger charge is -2.11. The van der Waals surface area contributed by atoms with Crippen molar-refractivity contribution in [3.63, 3.8) is 0 Å². The van der Waals surface area contributed by atoms with Crippen LogP contribution in [0, 0.1) is 5.82 Å². The highest BCUT2D eigenvalue weighted by molar-refractivity contribution is 5.80. The zero-order valence-electron chi connectivity index (χ0n) is 15.2. The summed E-state index contributed by atoms with van der Waals surface area (Å²) in [6.07, 6.45) is 1.02. The standard InChI is InChI=1S/C23H21FN2O/c1-2-17-7-13-20(14-8-17)27-16-15-26-22-6-4-3-5-21(22)25-23(26)18-9-11-19(24)12-10-18/h3-14H,2,15-16H2,1H3. The number of hydrogen-bond acceptors (Lipinski definition) is 2. The predicted octanol–water partition coefficient (Wildman–Crippen LogP) is 5.48. The summed E-state index contributed by atoms with van der Waals surface area (Å²) in [5.41, 5.74) is 4.15. The fourth-order valence-electron chi connectivity index (χ4n) is 3.20. The maximum Gasteiger partial charge on any atom is 0.141 e. The summed E-state index contributed by atoms with van der Waals surface area (Å²) >= 11 is 0. The molecule has 27 heavy (non-hydrogen) atoms. The van der Waals surface area contributed by atoms with Crippen molar-refractivity contribution in [3.8, 4) is 17.1 Å². The van der Waals surface area contributed by atoms with Gasteiger partial charge in [0.25, 0.3) is 0 Å². The lowest BCUT2D eigenvalue weighted by atomic mass is 10.2. The average molecular weight is 360 g/mol. The molecule has 0 spiro atoms. The number of ether oxygens (including phenoxy) is 1. The molecule has 0 fully saturated rings. The van der Waals surface area contributed by atoms with E-state index in [1.165, 1.54) is 17.7 Å². The summed E-state index contributed by atoms with van der Waals surface area (Å²) in [6, 6.07) is 22.6. The number of imidazole rings is 1. The van der Waals surface area contributed by atoms with Gasteiger partial charge in [0.15, 0.2) is 0 Å². The predicted molar refractivity (Wildman–Crippen MR) is 106 cm³/mol. The van der Waals surface area contributed by atoms with E-state index in [-0.39, 0.29) is 5.82 Å². The van der Waals surface area contributed by atoms with Crippen LogP contribution in [0.5, 0.6) is 5.75 Å². The Morgan fingerprint density at radius 3 is 2.41 bits per heavy atom. The molecule has 0 saturated heterocycles. The Balaban J connectivity index is 1.59. The van der Waals surface area contributed by atoms with E-state index in [1.54, 1.807) is 12.1 Å². The second-order valence-electron chi connectivity index (χ2n) is 6.43. The maximum atomic E-state index is 13.3. The van der Waals surface area contributed by atoms with Gasteiger partial charge in [-0.1, -0.05) is 31.2 Å². The van der Waals surface area contributed by atoms with E-state index in [9.17, 15) is 4.39 Å². The highest BCUT2D eigenvalue weighted by atomic mass is 19.1. The SMILES string of the molecule is CCc1ccc(OCCn2c(-c3ccc(F)cc3)nc3ccccc32)cc1. The summed E-state index contributed by atoms with van der Waals surface area (Å²) in [7, 11) is 0. The monoisotopic (exact) mass is 360 g/mol. The lowest BCUT2D eigenvalue weighted by Crippen LogP contribution is -2.09. The molecule has 0 aliphatic rings. The smallest absolute Gasteiger partial charge is 0.141 e. The van der Waals surface area contributed by atoms with Crippen LogP contribution in [0.25, 0.3) is 22.4 Å². The molecule has 0 aliphatic carbocycles. The largest absolute Gasteiger partial charge is 0.492 e. The number of aromatic nitrogens is 2. The van der Waals surface area contributed by atoms with Crippen molar-refractivity contribution in [3.05, 3.63) is 84.2 Å². The highest BCUT2D eigenvalue weighted by Gasteiger charge is 2.12. The number of hydrogen-bond donors (Lipinski definition) is 0. The van der Waals surface area contributed by atoms with Crippen molar-refractivity contribution in [1.82, 2.24) is 9.55 Å². The summed E-state index contributed by atoms with van der Waals surface area (Å²) in [5.74, 6) is 1.43. The van der Waals surface area contributed by atoms with E-state index in [4.69, 9.17) is 9.72 Å². The van der Waals surface area contributed by atoms with Gasteiger partial charge in [0.1, 0.15) is 24.0 Å². The minimum atomic E-state index is -0.250. The summed E-state index contributed by atoms with van der Waals surface area (Å²) in [4.78, 5) is 4.75. The minimum Gasteiger partial charge on any atom is -0.492 e. The zero-order valence-corrected chi connectivity index (χ0v) is 15.2. The Kier molecular flexibility index (Phi) is 4.88. The van der Waals surface area contributed by atoms with E-state index < -0.39 is 0 Å². The first-order chi connectivity index (χ1) is 13.2. The van der Waals surface area contributed by atoms with Crippen molar-refractivity contribution in [2.75, 3.05) is 6.61 Å². The van der Waals surface area contributed by atoms with Crippen molar-refractivity contribution in [2.24, 2.45) is 0 Å². The number of nitrogens with zero attached hydrogens (tertiary/aromatic N) is 2. The van der Waals surface area contributed by atoms with E-state index in [2.05, 4.69) is 23.6 Å². The molecule has 136 valence electrons. The van der Waals surface area contributed by atoms with Gasteiger partial charge in [-0.3, -0.25) is 0 Å². The first-order valence-corrected chi connectivity index (χ1v) is 9.17. The van der Waals surface area contributed by atoms with Crippen LogP contribution >= 0.6 is 0 Å². The molecule has 0 atom stereocenters. The number of aryl methyl sites for hydroxylation is 1. The molecular formula is C23H21FN2O. The van der Waals surface area contributed by atoms with Crippen LogP contribution in [0.2, 0.25) is 0 Å². The summed E-state index contributed by atoms with van der Waals surface area (Å²) in [5, 5.41) is 0. The Morgan fingerprint density at radius 2 is 1.67 bits per heavy atom. The molecule has 4 rings (SSSR count). The van der Waals surface area contributed by atoms with Crippen molar-refractivity contribution >= 4 is 11.0 Å². The van der Waals surface area contributed by atoms with Crippen LogP contribution in [-0.4, -0.2) is 16.2 Å². The van der Waals surface area contributed by atoms with Gasteiger partial charge in [-0.25, -0.2) is 9.37 Å². The molecule has 0 bridgehead atoms. The van der Waals surface area contributed by atoms with E-state index in [1.807, 2.05) is 36.4 Å². The van der Waals surface area contributed by atoms with Gasteiger partial charge in [0.05, 0.1) is 17.6 Å². The number of benzene rings is 3. The molecule has 0 N–H and O–H groups in total. The molecule has 0 radical (unpaired) electrons. The van der Waals surface area contributed by atoms with Crippen LogP contribution in [0.15, 0.2) is 72.8 Å². The Labute approximate surface area is 158 Å². The maximum absolute atomic E-state index is 13.3. The van der Waals surface area contributed by atoms with Crippen molar-refractivity contribution < 1.29 is 9.13 Å². The Morgan fingerprint density at radius 1 is 0.926 bits per heavy atom. The van der Waals surface area contributed by atoms with Crippen LogP contribution in [0.3, 0.4) is 0 Å². The number of fused-ring (bicyclic) bond motifs is 1. The molecule has 0 saturated carbocycles. The molecular weight excluding hydrogens is 339 g/mol. The number of halogens is 1. The topological polar surface area (TPSA) is 27.1 Å². The van der Waals surface area contributed by atoms with Crippen molar-refractivity contribution in [2.45, 2.75) is 19.9 Å². The minimum absolute atomic E-state index is 0.250. The second kappa shape index (κ2) is 7.62. The van der Waals surface area contributed by atoms with Gasteiger partial charge >= 0.3 is 0 Å². The molecule has 1 aromatic heterocycles. The van der Waals surface area contributed by atoms with E-state index in [0.717, 1.165) is 34.6 Å². The number of para-hydroxylation sites is 2. The van der Waals surface area contributed by atoms with Gasteiger partial charge in [0.2, 0.25) is 0 Å². The average Bonchev–Trinajstić information content (AvgIpc) is 3.08. The van der Waals surface area contributed by atoms with Crippen molar-refractivity contribution in [1.29, 1.82) is 0 Å². The van der Waals surface area contributed by atoms with Gasteiger partial charge in [0, 0.05) is 5.56 Å². The second-order valence-corrected chi connectivity index (χ2v) is 6.43. The van der Waals surface area contributed by atoms with Crippen LogP contribution < -0.4 is 4.74 Å². The van der Waals surface area contributed by atoms with E-state index in [0.29, 0.717) is 13.2 Å². The Bertz CT molecular complexity index is 1040. The van der Waals surface area contributed by atoms with Crippen LogP contribution in [0.4, 0.5) is 4.39 Å². The first-order valence-electron chi connectivity index (χ1n) is 9.17. The highest BCUT2D eigenvalue weighted by Crippen LogP contribution is 2.25. The van der Waals surface area contributed by atoms with Crippen LogP contribution in [0.1, 0.15) is 12.5 Å². The van der Waals surface area contributed by atoms with Crippen LogP contribution in [-0.2, 0) is 13.0 Å². The molecule has 1 heterocycles. The summed E-state index contributed by atoms with van der Waals surface area (Å²) in [6.45, 7) is 3.32. The van der Waals surface area contributed by atoms with Gasteiger partial charge in [-0.2, -0.15) is 0 Å². The zero-order chi connectivity index (χ0) is 18.6. The first kappa shape index (κ1) is 17.3. The molecule has 4 aromatic rings. The molecule has 4 heteroatoms. The Hall–Kier alpha value is -3.14.